The van der Waals surface area contributed by atoms with Crippen molar-refractivity contribution >= 4 is 11.7 Å². The topological polar surface area (TPSA) is 78.9 Å². The molecule has 0 aromatic heterocycles. The number of carbonyl (C=O) groups is 1. The highest BCUT2D eigenvalue weighted by Gasteiger charge is 2.11. The van der Waals surface area contributed by atoms with Crippen molar-refractivity contribution in [3.63, 3.8) is 0 Å². The van der Waals surface area contributed by atoms with Gasteiger partial charge in [0.25, 0.3) is 0 Å². The smallest absolute Gasteiger partial charge is 0.226 e. The zero-order valence-corrected chi connectivity index (χ0v) is 10.4. The summed E-state index contributed by atoms with van der Waals surface area (Å²) in [7, 11) is 1.55. The first-order chi connectivity index (χ1) is 8.93. The van der Waals surface area contributed by atoms with Crippen LogP contribution in [0.3, 0.4) is 0 Å². The number of halogens is 2. The lowest BCUT2D eigenvalue weighted by atomic mass is 10.1. The summed E-state index contributed by atoms with van der Waals surface area (Å²) < 4.78 is 25.7. The Morgan fingerprint density at radius 1 is 1.42 bits per heavy atom. The van der Waals surface area contributed by atoms with Crippen molar-refractivity contribution in [2.75, 3.05) is 13.6 Å². The van der Waals surface area contributed by atoms with Crippen LogP contribution < -0.4 is 5.73 Å². The molecule has 0 bridgehead atoms. The van der Waals surface area contributed by atoms with E-state index in [1.54, 1.807) is 7.05 Å². The molecule has 0 aliphatic rings. The number of benzene rings is 1. The lowest BCUT2D eigenvalue weighted by Crippen LogP contribution is -2.31. The van der Waals surface area contributed by atoms with Crippen LogP contribution in [0, 0.1) is 11.6 Å². The number of hydrogen-bond donors (Lipinski definition) is 2. The number of nitrogens with zero attached hydrogens (tertiary/aromatic N) is 2. The fourth-order valence-corrected chi connectivity index (χ4v) is 1.42. The minimum absolute atomic E-state index is 0.0208. The molecular formula is C12H15F2N3O2. The number of amides is 1. The molecule has 0 radical (unpaired) electrons. The van der Waals surface area contributed by atoms with Crippen LogP contribution in [-0.2, 0) is 11.2 Å². The quantitative estimate of drug-likeness (QED) is 0.364. The first kappa shape index (κ1) is 14.9. The van der Waals surface area contributed by atoms with Crippen molar-refractivity contribution in [2.45, 2.75) is 12.8 Å². The maximum atomic E-state index is 13.0. The Hall–Kier alpha value is -2.18. The van der Waals surface area contributed by atoms with Gasteiger partial charge in [0.2, 0.25) is 5.91 Å². The summed E-state index contributed by atoms with van der Waals surface area (Å²) in [4.78, 5) is 13.2. The maximum absolute atomic E-state index is 13.0. The summed E-state index contributed by atoms with van der Waals surface area (Å²) in [6.45, 7) is 0.276. The van der Waals surface area contributed by atoms with Crippen molar-refractivity contribution in [1.82, 2.24) is 4.90 Å². The second-order valence-electron chi connectivity index (χ2n) is 4.08. The zero-order valence-electron chi connectivity index (χ0n) is 10.4. The molecule has 1 aromatic carbocycles. The Balaban J connectivity index is 2.56. The Labute approximate surface area is 109 Å². The molecule has 0 fully saturated rings. The van der Waals surface area contributed by atoms with Crippen molar-refractivity contribution in [2.24, 2.45) is 10.9 Å². The number of likely N-dealkylation sites (N-methyl/N-ethyl adjacent to an activating group) is 1. The van der Waals surface area contributed by atoms with E-state index >= 15 is 0 Å². The fraction of sp³-hybridized carbons (Fsp3) is 0.333. The average molecular weight is 271 g/mol. The van der Waals surface area contributed by atoms with Crippen LogP contribution in [0.4, 0.5) is 8.78 Å². The molecule has 1 rings (SSSR count). The van der Waals surface area contributed by atoms with Crippen LogP contribution in [0.2, 0.25) is 0 Å². The predicted octanol–water partition coefficient (Wildman–Crippen LogP) is 1.10. The SMILES string of the molecule is CN(CCC(N)=NO)C(=O)Cc1ccc(F)c(F)c1. The predicted molar refractivity (Wildman–Crippen MR) is 65.7 cm³/mol. The number of carbonyl (C=O) groups excluding carboxylic acids is 1. The van der Waals surface area contributed by atoms with E-state index < -0.39 is 11.6 Å². The van der Waals surface area contributed by atoms with Gasteiger partial charge < -0.3 is 15.8 Å². The van der Waals surface area contributed by atoms with Gasteiger partial charge in [-0.25, -0.2) is 8.78 Å². The summed E-state index contributed by atoms with van der Waals surface area (Å²) in [6, 6.07) is 3.33. The van der Waals surface area contributed by atoms with Crippen LogP contribution in [0.1, 0.15) is 12.0 Å². The Morgan fingerprint density at radius 2 is 2.11 bits per heavy atom. The van der Waals surface area contributed by atoms with Gasteiger partial charge in [0, 0.05) is 20.0 Å². The molecule has 104 valence electrons. The second-order valence-corrected chi connectivity index (χ2v) is 4.08. The lowest BCUT2D eigenvalue weighted by molar-refractivity contribution is -0.129. The summed E-state index contributed by atoms with van der Waals surface area (Å²) >= 11 is 0. The van der Waals surface area contributed by atoms with Gasteiger partial charge in [-0.2, -0.15) is 0 Å². The third-order valence-electron chi connectivity index (χ3n) is 2.60. The van der Waals surface area contributed by atoms with Gasteiger partial charge in [-0.1, -0.05) is 11.2 Å². The summed E-state index contributed by atoms with van der Waals surface area (Å²) in [5, 5.41) is 11.2. The Morgan fingerprint density at radius 3 is 2.68 bits per heavy atom. The van der Waals surface area contributed by atoms with Crippen LogP contribution in [0.15, 0.2) is 23.4 Å². The second kappa shape index (κ2) is 6.67. The monoisotopic (exact) mass is 271 g/mol. The molecule has 0 aliphatic heterocycles. The number of amidine groups is 1. The van der Waals surface area contributed by atoms with Gasteiger partial charge in [0.05, 0.1) is 6.42 Å². The Bertz CT molecular complexity index is 492. The summed E-state index contributed by atoms with van der Waals surface area (Å²) in [6.07, 6.45) is 0.195. The third kappa shape index (κ3) is 4.53. The van der Waals surface area contributed by atoms with Crippen molar-refractivity contribution in [3.8, 4) is 0 Å². The van der Waals surface area contributed by atoms with E-state index in [-0.39, 0.29) is 31.1 Å². The number of nitrogens with two attached hydrogens (primary N) is 1. The molecule has 5 nitrogen and oxygen atoms in total. The van der Waals surface area contributed by atoms with Gasteiger partial charge in [0.1, 0.15) is 5.84 Å². The van der Waals surface area contributed by atoms with E-state index in [1.165, 1.54) is 11.0 Å². The highest BCUT2D eigenvalue weighted by atomic mass is 19.2. The minimum Gasteiger partial charge on any atom is -0.409 e. The van der Waals surface area contributed by atoms with E-state index in [4.69, 9.17) is 10.9 Å². The van der Waals surface area contributed by atoms with E-state index in [1.807, 2.05) is 0 Å². The fourth-order valence-electron chi connectivity index (χ4n) is 1.42. The molecule has 3 N–H and O–H groups in total. The highest BCUT2D eigenvalue weighted by molar-refractivity contribution is 5.82. The van der Waals surface area contributed by atoms with Crippen molar-refractivity contribution in [3.05, 3.63) is 35.4 Å². The molecule has 0 spiro atoms. The standard InChI is InChI=1S/C12H15F2N3O2/c1-17(5-4-11(15)16-19)12(18)7-8-2-3-9(13)10(14)6-8/h2-3,6,19H,4-5,7H2,1H3,(H2,15,16). The van der Waals surface area contributed by atoms with E-state index in [2.05, 4.69) is 5.16 Å². The average Bonchev–Trinajstić information content (AvgIpc) is 2.39. The van der Waals surface area contributed by atoms with E-state index in [0.717, 1.165) is 12.1 Å². The first-order valence-electron chi connectivity index (χ1n) is 5.58. The molecule has 1 amide bonds. The van der Waals surface area contributed by atoms with E-state index in [0.29, 0.717) is 5.56 Å². The minimum atomic E-state index is -0.982. The van der Waals surface area contributed by atoms with Gasteiger partial charge in [-0.15, -0.1) is 0 Å². The molecule has 0 heterocycles. The number of rotatable bonds is 5. The van der Waals surface area contributed by atoms with Crippen LogP contribution in [0.5, 0.6) is 0 Å². The van der Waals surface area contributed by atoms with E-state index in [9.17, 15) is 13.6 Å². The van der Waals surface area contributed by atoms with Crippen LogP contribution >= 0.6 is 0 Å². The molecule has 0 saturated heterocycles. The molecule has 0 atom stereocenters. The molecule has 0 unspecified atom stereocenters. The van der Waals surface area contributed by atoms with Crippen molar-refractivity contribution < 1.29 is 18.8 Å². The molecule has 0 aliphatic carbocycles. The third-order valence-corrected chi connectivity index (χ3v) is 2.60. The van der Waals surface area contributed by atoms with Crippen molar-refractivity contribution in [1.29, 1.82) is 0 Å². The lowest BCUT2D eigenvalue weighted by Gasteiger charge is -2.16. The number of hydrogen-bond acceptors (Lipinski definition) is 3. The molecule has 0 saturated carbocycles. The van der Waals surface area contributed by atoms with Gasteiger partial charge in [-0.05, 0) is 17.7 Å². The van der Waals surface area contributed by atoms with Crippen LogP contribution in [-0.4, -0.2) is 35.4 Å². The van der Waals surface area contributed by atoms with Gasteiger partial charge in [0.15, 0.2) is 11.6 Å². The maximum Gasteiger partial charge on any atom is 0.226 e. The van der Waals surface area contributed by atoms with Gasteiger partial charge in [-0.3, -0.25) is 4.79 Å². The van der Waals surface area contributed by atoms with Gasteiger partial charge >= 0.3 is 0 Å². The highest BCUT2D eigenvalue weighted by Crippen LogP contribution is 2.10. The molecule has 1 aromatic rings. The largest absolute Gasteiger partial charge is 0.409 e. The number of oxime groups is 1. The first-order valence-corrected chi connectivity index (χ1v) is 5.58. The summed E-state index contributed by atoms with van der Waals surface area (Å²) in [5.41, 5.74) is 5.67. The zero-order chi connectivity index (χ0) is 14.4. The normalized spacial score (nSPS) is 11.4. The molecular weight excluding hydrogens is 256 g/mol. The Kier molecular flexibility index (Phi) is 5.23. The molecule has 19 heavy (non-hydrogen) atoms. The molecule has 7 heteroatoms. The van der Waals surface area contributed by atoms with Crippen LogP contribution in [0.25, 0.3) is 0 Å². The summed E-state index contributed by atoms with van der Waals surface area (Å²) in [5.74, 6) is -2.18.